The molecule has 1 amide bonds. The van der Waals surface area contributed by atoms with Gasteiger partial charge in [-0.25, -0.2) is 13.4 Å². The Bertz CT molecular complexity index is 1290. The fraction of sp³-hybridized carbons (Fsp3) is 0.0909. The zero-order chi connectivity index (χ0) is 22.4. The molecule has 1 unspecified atom stereocenters. The molecule has 1 heterocycles. The average Bonchev–Trinajstić information content (AvgIpc) is 2.77. The van der Waals surface area contributed by atoms with E-state index in [9.17, 15) is 18.2 Å². The maximum absolute atomic E-state index is 13.8. The van der Waals surface area contributed by atoms with Crippen LogP contribution >= 0.6 is 0 Å². The third-order valence-corrected chi connectivity index (χ3v) is 5.93. The second kappa shape index (κ2) is 9.40. The molecule has 0 spiro atoms. The van der Waals surface area contributed by atoms with Crippen molar-refractivity contribution in [1.82, 2.24) is 10.3 Å². The van der Waals surface area contributed by atoms with Crippen LogP contribution in [0.4, 0.5) is 4.39 Å². The van der Waals surface area contributed by atoms with Crippen LogP contribution in [0, 0.1) is 10.6 Å². The van der Waals surface area contributed by atoms with E-state index in [-0.39, 0.29) is 22.8 Å². The summed E-state index contributed by atoms with van der Waals surface area (Å²) in [5, 5.41) is 3.61. The van der Waals surface area contributed by atoms with Crippen molar-refractivity contribution in [3.05, 3.63) is 94.0 Å². The SMILES string of the molecule is COc1ccc(S(=N)(=O)/C=C/CNC(=O)c2cc(-c3ccccc3)c[nH]c2=O)cc1F. The maximum Gasteiger partial charge on any atom is 0.260 e. The number of methoxy groups -OCH3 is 1. The zero-order valence-electron chi connectivity index (χ0n) is 16.6. The van der Waals surface area contributed by atoms with Gasteiger partial charge in [0.2, 0.25) is 0 Å². The van der Waals surface area contributed by atoms with Crippen molar-refractivity contribution in [2.45, 2.75) is 4.90 Å². The molecule has 1 aromatic heterocycles. The number of aromatic amines is 1. The van der Waals surface area contributed by atoms with Crippen LogP contribution in [-0.4, -0.2) is 28.8 Å². The third kappa shape index (κ3) is 5.26. The molecule has 3 rings (SSSR count). The molecule has 2 aromatic carbocycles. The summed E-state index contributed by atoms with van der Waals surface area (Å²) in [5.74, 6) is -1.35. The number of hydrogen-bond donors (Lipinski definition) is 3. The molecule has 0 saturated carbocycles. The molecule has 0 bridgehead atoms. The van der Waals surface area contributed by atoms with Gasteiger partial charge in [0.1, 0.15) is 5.56 Å². The quantitative estimate of drug-likeness (QED) is 0.521. The van der Waals surface area contributed by atoms with Gasteiger partial charge in [-0.05, 0) is 35.4 Å². The van der Waals surface area contributed by atoms with E-state index < -0.39 is 27.0 Å². The summed E-state index contributed by atoms with van der Waals surface area (Å²) >= 11 is 0. The van der Waals surface area contributed by atoms with Crippen LogP contribution in [0.2, 0.25) is 0 Å². The standard InChI is InChI=1S/C22H20FN3O4S/c1-30-20-9-8-17(13-19(20)23)31(24,29)11-5-10-25-21(27)18-12-16(14-26-22(18)28)15-6-3-2-4-7-15/h2-9,11-14,24H,10H2,1H3,(H,25,27)(H,26,28)/b11-5+. The van der Waals surface area contributed by atoms with Gasteiger partial charge in [0, 0.05) is 18.1 Å². The molecule has 0 aliphatic heterocycles. The summed E-state index contributed by atoms with van der Waals surface area (Å²) in [5.41, 5.74) is 0.905. The Morgan fingerprint density at radius 1 is 1.19 bits per heavy atom. The molecule has 3 aromatic rings. The first-order chi connectivity index (χ1) is 14.8. The van der Waals surface area contributed by atoms with Crippen LogP contribution < -0.4 is 15.6 Å². The number of aromatic nitrogens is 1. The van der Waals surface area contributed by atoms with Gasteiger partial charge >= 0.3 is 0 Å². The van der Waals surface area contributed by atoms with Crippen LogP contribution in [0.3, 0.4) is 0 Å². The predicted molar refractivity (Wildman–Crippen MR) is 116 cm³/mol. The summed E-state index contributed by atoms with van der Waals surface area (Å²) < 4.78 is 39.1. The van der Waals surface area contributed by atoms with Crippen molar-refractivity contribution < 1.29 is 18.1 Å². The number of nitrogens with one attached hydrogen (secondary N) is 3. The fourth-order valence-corrected chi connectivity index (χ4v) is 3.87. The molecule has 0 aliphatic carbocycles. The Morgan fingerprint density at radius 2 is 1.94 bits per heavy atom. The van der Waals surface area contributed by atoms with Gasteiger partial charge in [-0.2, -0.15) is 0 Å². The Labute approximate surface area is 178 Å². The number of rotatable bonds is 7. The van der Waals surface area contributed by atoms with Gasteiger partial charge < -0.3 is 15.0 Å². The minimum atomic E-state index is -3.42. The number of pyridine rings is 1. The lowest BCUT2D eigenvalue weighted by Crippen LogP contribution is -2.29. The van der Waals surface area contributed by atoms with Gasteiger partial charge in [0.15, 0.2) is 11.6 Å². The van der Waals surface area contributed by atoms with Crippen LogP contribution in [0.5, 0.6) is 5.75 Å². The zero-order valence-corrected chi connectivity index (χ0v) is 17.4. The number of H-pyrrole nitrogens is 1. The molecule has 31 heavy (non-hydrogen) atoms. The maximum atomic E-state index is 13.8. The predicted octanol–water partition coefficient (Wildman–Crippen LogP) is 3.54. The lowest BCUT2D eigenvalue weighted by molar-refractivity contribution is 0.0956. The Kier molecular flexibility index (Phi) is 6.66. The van der Waals surface area contributed by atoms with Crippen molar-refractivity contribution in [2.24, 2.45) is 0 Å². The minimum absolute atomic E-state index is 0.0156. The summed E-state index contributed by atoms with van der Waals surface area (Å²) in [6, 6.07) is 14.4. The van der Waals surface area contributed by atoms with Gasteiger partial charge in [0.25, 0.3) is 11.5 Å². The highest BCUT2D eigenvalue weighted by atomic mass is 32.2. The van der Waals surface area contributed by atoms with Gasteiger partial charge in [-0.3, -0.25) is 9.59 Å². The van der Waals surface area contributed by atoms with Crippen LogP contribution in [-0.2, 0) is 9.73 Å². The molecule has 3 N–H and O–H groups in total. The molecule has 0 aliphatic rings. The normalized spacial score (nSPS) is 13.0. The molecule has 1 atom stereocenters. The highest BCUT2D eigenvalue weighted by molar-refractivity contribution is 7.95. The molecule has 0 radical (unpaired) electrons. The molecule has 7 nitrogen and oxygen atoms in total. The Morgan fingerprint density at radius 3 is 2.61 bits per heavy atom. The topological polar surface area (TPSA) is 112 Å². The highest BCUT2D eigenvalue weighted by Gasteiger charge is 2.13. The monoisotopic (exact) mass is 441 g/mol. The number of carbonyl (C=O) groups is 1. The second-order valence-electron chi connectivity index (χ2n) is 6.48. The smallest absolute Gasteiger partial charge is 0.260 e. The summed E-state index contributed by atoms with van der Waals surface area (Å²) in [6.45, 7) is -0.0671. The number of carbonyl (C=O) groups excluding carboxylic acids is 1. The lowest BCUT2D eigenvalue weighted by atomic mass is 10.1. The fourth-order valence-electron chi connectivity index (χ4n) is 2.79. The van der Waals surface area contributed by atoms with Crippen molar-refractivity contribution in [1.29, 1.82) is 4.78 Å². The minimum Gasteiger partial charge on any atom is -0.494 e. The lowest BCUT2D eigenvalue weighted by Gasteiger charge is -2.07. The molecule has 0 fully saturated rings. The molecule has 160 valence electrons. The van der Waals surface area contributed by atoms with E-state index in [4.69, 9.17) is 9.52 Å². The first-order valence-electron chi connectivity index (χ1n) is 9.17. The van der Waals surface area contributed by atoms with Gasteiger partial charge in [0.05, 0.1) is 21.7 Å². The second-order valence-corrected chi connectivity index (χ2v) is 8.42. The van der Waals surface area contributed by atoms with E-state index in [2.05, 4.69) is 10.3 Å². The summed E-state index contributed by atoms with van der Waals surface area (Å²) in [7, 11) is -2.11. The van der Waals surface area contributed by atoms with Crippen LogP contribution in [0.1, 0.15) is 10.4 Å². The van der Waals surface area contributed by atoms with Crippen molar-refractivity contribution in [3.8, 4) is 16.9 Å². The van der Waals surface area contributed by atoms with Crippen molar-refractivity contribution in [2.75, 3.05) is 13.7 Å². The number of hydrogen-bond acceptors (Lipinski definition) is 5. The third-order valence-electron chi connectivity index (χ3n) is 4.40. The number of ether oxygens (including phenoxy) is 1. The van der Waals surface area contributed by atoms with E-state index in [1.807, 2.05) is 30.3 Å². The molecule has 9 heteroatoms. The average molecular weight is 441 g/mol. The van der Waals surface area contributed by atoms with E-state index in [0.29, 0.717) is 5.56 Å². The van der Waals surface area contributed by atoms with E-state index >= 15 is 0 Å². The first kappa shape index (κ1) is 22.0. The van der Waals surface area contributed by atoms with Crippen LogP contribution in [0.25, 0.3) is 11.1 Å². The highest BCUT2D eigenvalue weighted by Crippen LogP contribution is 2.22. The first-order valence-corrected chi connectivity index (χ1v) is 10.8. The summed E-state index contributed by atoms with van der Waals surface area (Å²) in [4.78, 5) is 27.0. The van der Waals surface area contributed by atoms with Crippen molar-refractivity contribution >= 4 is 15.6 Å². The molecule has 0 saturated heterocycles. The largest absolute Gasteiger partial charge is 0.494 e. The van der Waals surface area contributed by atoms with Gasteiger partial charge in [-0.15, -0.1) is 0 Å². The summed E-state index contributed by atoms with van der Waals surface area (Å²) in [6.07, 6.45) is 2.85. The Hall–Kier alpha value is -3.72. The Balaban J connectivity index is 1.69. The van der Waals surface area contributed by atoms with E-state index in [1.54, 1.807) is 0 Å². The number of halogens is 1. The number of benzene rings is 2. The molecular weight excluding hydrogens is 421 g/mol. The van der Waals surface area contributed by atoms with E-state index in [0.717, 1.165) is 17.0 Å². The van der Waals surface area contributed by atoms with Gasteiger partial charge in [-0.1, -0.05) is 36.4 Å². The van der Waals surface area contributed by atoms with Crippen LogP contribution in [0.15, 0.2) is 82.0 Å². The van der Waals surface area contributed by atoms with E-state index in [1.165, 1.54) is 37.6 Å². The van der Waals surface area contributed by atoms with Crippen molar-refractivity contribution in [3.63, 3.8) is 0 Å². The number of amides is 1. The molecular formula is C22H20FN3O4S.